The molecule has 4 nitrogen and oxygen atoms in total. The molecule has 1 saturated heterocycles. The maximum absolute atomic E-state index is 6.05. The number of aryl methyl sites for hydroxylation is 2. The lowest BCUT2D eigenvalue weighted by Crippen LogP contribution is -2.35. The van der Waals surface area contributed by atoms with Crippen molar-refractivity contribution >= 4 is 11.5 Å². The molecule has 2 rings (SSSR count). The van der Waals surface area contributed by atoms with E-state index in [-0.39, 0.29) is 0 Å². The maximum atomic E-state index is 6.05. The van der Waals surface area contributed by atoms with Crippen molar-refractivity contribution in [3.63, 3.8) is 0 Å². The molecule has 2 N–H and O–H groups in total. The molecule has 0 saturated carbocycles. The summed E-state index contributed by atoms with van der Waals surface area (Å²) in [7, 11) is 1.97. The van der Waals surface area contributed by atoms with Gasteiger partial charge in [0.1, 0.15) is 5.82 Å². The zero-order valence-corrected chi connectivity index (χ0v) is 9.82. The molecule has 0 amide bonds. The van der Waals surface area contributed by atoms with Gasteiger partial charge in [-0.3, -0.25) is 4.68 Å². The van der Waals surface area contributed by atoms with Crippen molar-refractivity contribution in [1.82, 2.24) is 9.78 Å². The van der Waals surface area contributed by atoms with Crippen molar-refractivity contribution in [2.75, 3.05) is 23.7 Å². The predicted octanol–water partition coefficient (Wildman–Crippen LogP) is 1.55. The minimum atomic E-state index is 0.758. The van der Waals surface area contributed by atoms with E-state index in [9.17, 15) is 0 Å². The molecule has 1 fully saturated rings. The zero-order chi connectivity index (χ0) is 11.0. The second kappa shape index (κ2) is 3.76. The fraction of sp³-hybridized carbons (Fsp3) is 0.727. The summed E-state index contributed by atoms with van der Waals surface area (Å²) in [6.07, 6.45) is 2.58. The highest BCUT2D eigenvalue weighted by Gasteiger charge is 2.22. The van der Waals surface area contributed by atoms with Gasteiger partial charge in [-0.25, -0.2) is 0 Å². The van der Waals surface area contributed by atoms with Gasteiger partial charge in [-0.2, -0.15) is 5.10 Å². The monoisotopic (exact) mass is 208 g/mol. The first-order chi connectivity index (χ1) is 7.09. The average molecular weight is 208 g/mol. The first kappa shape index (κ1) is 10.3. The molecule has 0 radical (unpaired) electrons. The number of nitrogens with zero attached hydrogens (tertiary/aromatic N) is 3. The zero-order valence-electron chi connectivity index (χ0n) is 9.82. The third-order valence-corrected chi connectivity index (χ3v) is 3.19. The molecule has 4 heteroatoms. The van der Waals surface area contributed by atoms with E-state index in [0.717, 1.165) is 36.2 Å². The van der Waals surface area contributed by atoms with Crippen molar-refractivity contribution in [2.24, 2.45) is 13.0 Å². The van der Waals surface area contributed by atoms with Gasteiger partial charge in [0.15, 0.2) is 0 Å². The van der Waals surface area contributed by atoms with E-state index in [1.165, 1.54) is 12.8 Å². The molecule has 2 heterocycles. The van der Waals surface area contributed by atoms with Crippen LogP contribution < -0.4 is 10.6 Å². The van der Waals surface area contributed by atoms with Crippen LogP contribution in [-0.2, 0) is 7.05 Å². The first-order valence-electron chi connectivity index (χ1n) is 5.63. The van der Waals surface area contributed by atoms with Crippen LogP contribution in [0.1, 0.15) is 25.5 Å². The maximum Gasteiger partial charge on any atom is 0.150 e. The van der Waals surface area contributed by atoms with E-state index in [1.807, 2.05) is 18.7 Å². The lowest BCUT2D eigenvalue weighted by molar-refractivity contribution is 0.440. The van der Waals surface area contributed by atoms with Crippen LogP contribution >= 0.6 is 0 Å². The molecular weight excluding hydrogens is 188 g/mol. The Morgan fingerprint density at radius 3 is 2.73 bits per heavy atom. The molecule has 1 aromatic heterocycles. The molecular formula is C11H20N4. The topological polar surface area (TPSA) is 47.1 Å². The summed E-state index contributed by atoms with van der Waals surface area (Å²) in [5, 5.41) is 4.36. The predicted molar refractivity (Wildman–Crippen MR) is 63.0 cm³/mol. The third kappa shape index (κ3) is 1.80. The number of nitrogen functional groups attached to an aromatic ring is 1. The second-order valence-corrected chi connectivity index (χ2v) is 4.64. The number of piperidine rings is 1. The smallest absolute Gasteiger partial charge is 0.150 e. The second-order valence-electron chi connectivity index (χ2n) is 4.64. The van der Waals surface area contributed by atoms with E-state index in [1.54, 1.807) is 0 Å². The molecule has 1 unspecified atom stereocenters. The van der Waals surface area contributed by atoms with Gasteiger partial charge in [0.2, 0.25) is 0 Å². The van der Waals surface area contributed by atoms with Crippen molar-refractivity contribution in [2.45, 2.75) is 26.7 Å². The van der Waals surface area contributed by atoms with Crippen LogP contribution in [0.3, 0.4) is 0 Å². The van der Waals surface area contributed by atoms with Gasteiger partial charge in [0.05, 0.1) is 11.4 Å². The van der Waals surface area contributed by atoms with Gasteiger partial charge in [-0.05, 0) is 25.7 Å². The first-order valence-corrected chi connectivity index (χ1v) is 5.63. The van der Waals surface area contributed by atoms with Gasteiger partial charge in [0, 0.05) is 20.1 Å². The molecule has 1 aliphatic rings. The molecule has 15 heavy (non-hydrogen) atoms. The number of nitrogens with two attached hydrogens (primary N) is 1. The Balaban J connectivity index is 2.28. The van der Waals surface area contributed by atoms with Crippen LogP contribution in [0.2, 0.25) is 0 Å². The molecule has 0 bridgehead atoms. The molecule has 0 spiro atoms. The van der Waals surface area contributed by atoms with Gasteiger partial charge in [-0.1, -0.05) is 6.92 Å². The van der Waals surface area contributed by atoms with Crippen molar-refractivity contribution in [3.8, 4) is 0 Å². The van der Waals surface area contributed by atoms with E-state index in [2.05, 4.69) is 16.9 Å². The van der Waals surface area contributed by atoms with E-state index in [0.29, 0.717) is 0 Å². The molecule has 1 atom stereocenters. The van der Waals surface area contributed by atoms with Crippen LogP contribution in [0.25, 0.3) is 0 Å². The SMILES string of the molecule is Cc1nn(C)c(N2CCCC(C)C2)c1N. The average Bonchev–Trinajstić information content (AvgIpc) is 2.41. The minimum absolute atomic E-state index is 0.758. The van der Waals surface area contributed by atoms with E-state index in [4.69, 9.17) is 5.73 Å². The summed E-state index contributed by atoms with van der Waals surface area (Å²) < 4.78 is 1.91. The number of anilines is 2. The summed E-state index contributed by atoms with van der Waals surface area (Å²) in [6.45, 7) is 6.47. The lowest BCUT2D eigenvalue weighted by atomic mass is 10.0. The Bertz CT molecular complexity index is 356. The van der Waals surface area contributed by atoms with Crippen LogP contribution in [0.4, 0.5) is 11.5 Å². The van der Waals surface area contributed by atoms with Crippen molar-refractivity contribution in [3.05, 3.63) is 5.69 Å². The Hall–Kier alpha value is -1.19. The van der Waals surface area contributed by atoms with Crippen LogP contribution in [-0.4, -0.2) is 22.9 Å². The number of rotatable bonds is 1. The molecule has 0 aliphatic carbocycles. The number of aromatic nitrogens is 2. The highest BCUT2D eigenvalue weighted by atomic mass is 15.4. The van der Waals surface area contributed by atoms with Crippen LogP contribution in [0, 0.1) is 12.8 Å². The number of hydrogen-bond donors (Lipinski definition) is 1. The van der Waals surface area contributed by atoms with Gasteiger partial charge in [0.25, 0.3) is 0 Å². The summed E-state index contributed by atoms with van der Waals surface area (Å²) >= 11 is 0. The number of hydrogen-bond acceptors (Lipinski definition) is 3. The van der Waals surface area contributed by atoms with Gasteiger partial charge in [-0.15, -0.1) is 0 Å². The van der Waals surface area contributed by atoms with Crippen molar-refractivity contribution in [1.29, 1.82) is 0 Å². The Morgan fingerprint density at radius 1 is 1.47 bits per heavy atom. The summed E-state index contributed by atoms with van der Waals surface area (Å²) in [4.78, 5) is 2.36. The van der Waals surface area contributed by atoms with E-state index < -0.39 is 0 Å². The van der Waals surface area contributed by atoms with Gasteiger partial charge < -0.3 is 10.6 Å². The third-order valence-electron chi connectivity index (χ3n) is 3.19. The fourth-order valence-corrected chi connectivity index (χ4v) is 2.42. The highest BCUT2D eigenvalue weighted by Crippen LogP contribution is 2.29. The molecule has 1 aliphatic heterocycles. The fourth-order valence-electron chi connectivity index (χ4n) is 2.42. The van der Waals surface area contributed by atoms with Crippen molar-refractivity contribution < 1.29 is 0 Å². The normalized spacial score (nSPS) is 22.1. The summed E-state index contributed by atoms with van der Waals surface area (Å²) in [5.41, 5.74) is 7.83. The molecule has 84 valence electrons. The minimum Gasteiger partial charge on any atom is -0.394 e. The highest BCUT2D eigenvalue weighted by molar-refractivity contribution is 5.66. The Labute approximate surface area is 91.1 Å². The quantitative estimate of drug-likeness (QED) is 0.761. The van der Waals surface area contributed by atoms with Crippen LogP contribution in [0.5, 0.6) is 0 Å². The van der Waals surface area contributed by atoms with Crippen LogP contribution in [0.15, 0.2) is 0 Å². The Kier molecular flexibility index (Phi) is 2.59. The lowest BCUT2D eigenvalue weighted by Gasteiger charge is -2.32. The summed E-state index contributed by atoms with van der Waals surface area (Å²) in [6, 6.07) is 0. The largest absolute Gasteiger partial charge is 0.394 e. The summed E-state index contributed by atoms with van der Waals surface area (Å²) in [5.74, 6) is 1.85. The van der Waals surface area contributed by atoms with Gasteiger partial charge >= 0.3 is 0 Å². The molecule has 1 aromatic rings. The standard InChI is InChI=1S/C11H20N4/c1-8-5-4-6-15(7-8)11-10(12)9(2)13-14(11)3/h8H,4-7,12H2,1-3H3. The van der Waals surface area contributed by atoms with E-state index >= 15 is 0 Å². The molecule has 0 aromatic carbocycles. The Morgan fingerprint density at radius 2 is 2.20 bits per heavy atom.